The van der Waals surface area contributed by atoms with Gasteiger partial charge in [-0.2, -0.15) is 0 Å². The van der Waals surface area contributed by atoms with Crippen LogP contribution in [0.1, 0.15) is 15.9 Å². The smallest absolute Gasteiger partial charge is 0.258 e. The highest BCUT2D eigenvalue weighted by molar-refractivity contribution is 9.10. The van der Waals surface area contributed by atoms with Gasteiger partial charge in [-0.05, 0) is 36.8 Å². The number of carbonyl (C=O) groups excluding carboxylic acids is 1. The molecule has 0 radical (unpaired) electrons. The summed E-state index contributed by atoms with van der Waals surface area (Å²) in [6.45, 7) is 1.93. The van der Waals surface area contributed by atoms with Crippen molar-refractivity contribution in [3.8, 4) is 0 Å². The molecule has 0 N–H and O–H groups in total. The van der Waals surface area contributed by atoms with Crippen molar-refractivity contribution in [1.82, 2.24) is 4.98 Å². The van der Waals surface area contributed by atoms with Crippen LogP contribution in [-0.2, 0) is 0 Å². The SMILES string of the molecule is Cc1ccc(Br)cc1C(=O)N(C)c1ccncc1. The van der Waals surface area contributed by atoms with Gasteiger partial charge < -0.3 is 4.90 Å². The van der Waals surface area contributed by atoms with Gasteiger partial charge in [-0.3, -0.25) is 9.78 Å². The number of aromatic nitrogens is 1. The van der Waals surface area contributed by atoms with E-state index in [0.29, 0.717) is 5.56 Å². The zero-order valence-electron chi connectivity index (χ0n) is 10.2. The maximum atomic E-state index is 12.4. The van der Waals surface area contributed by atoms with Gasteiger partial charge in [-0.1, -0.05) is 22.0 Å². The normalized spacial score (nSPS) is 10.2. The molecular formula is C14H13BrN2O. The quantitative estimate of drug-likeness (QED) is 0.851. The van der Waals surface area contributed by atoms with Gasteiger partial charge in [0.2, 0.25) is 0 Å². The molecule has 0 atom stereocenters. The molecule has 0 aliphatic heterocycles. The molecule has 1 aromatic carbocycles. The number of aryl methyl sites for hydroxylation is 1. The fourth-order valence-electron chi connectivity index (χ4n) is 1.69. The summed E-state index contributed by atoms with van der Waals surface area (Å²) in [4.78, 5) is 18.0. The number of hydrogen-bond donors (Lipinski definition) is 0. The highest BCUT2D eigenvalue weighted by Gasteiger charge is 2.15. The van der Waals surface area contributed by atoms with Crippen molar-refractivity contribution >= 4 is 27.5 Å². The van der Waals surface area contributed by atoms with E-state index in [0.717, 1.165) is 15.7 Å². The lowest BCUT2D eigenvalue weighted by atomic mass is 10.1. The van der Waals surface area contributed by atoms with Crippen molar-refractivity contribution in [3.63, 3.8) is 0 Å². The van der Waals surface area contributed by atoms with Gasteiger partial charge in [0.15, 0.2) is 0 Å². The number of hydrogen-bond acceptors (Lipinski definition) is 2. The van der Waals surface area contributed by atoms with Crippen molar-refractivity contribution in [3.05, 3.63) is 58.3 Å². The minimum absolute atomic E-state index is 0.0278. The van der Waals surface area contributed by atoms with Gasteiger partial charge >= 0.3 is 0 Å². The van der Waals surface area contributed by atoms with Crippen molar-refractivity contribution in [2.45, 2.75) is 6.92 Å². The van der Waals surface area contributed by atoms with Crippen molar-refractivity contribution in [1.29, 1.82) is 0 Å². The van der Waals surface area contributed by atoms with E-state index in [4.69, 9.17) is 0 Å². The van der Waals surface area contributed by atoms with Crippen molar-refractivity contribution in [2.75, 3.05) is 11.9 Å². The highest BCUT2D eigenvalue weighted by atomic mass is 79.9. The first-order valence-electron chi connectivity index (χ1n) is 5.54. The Balaban J connectivity index is 2.34. The third kappa shape index (κ3) is 2.59. The molecule has 92 valence electrons. The molecule has 2 rings (SSSR count). The maximum absolute atomic E-state index is 12.4. The van der Waals surface area contributed by atoms with Crippen LogP contribution in [-0.4, -0.2) is 17.9 Å². The predicted molar refractivity (Wildman–Crippen MR) is 75.8 cm³/mol. The van der Waals surface area contributed by atoms with E-state index in [1.807, 2.05) is 37.3 Å². The Morgan fingerprint density at radius 2 is 1.89 bits per heavy atom. The Morgan fingerprint density at radius 1 is 1.22 bits per heavy atom. The second-order valence-corrected chi connectivity index (χ2v) is 4.94. The molecule has 1 aromatic heterocycles. The van der Waals surface area contributed by atoms with Gasteiger partial charge in [-0.15, -0.1) is 0 Å². The lowest BCUT2D eigenvalue weighted by molar-refractivity contribution is 0.0992. The summed E-state index contributed by atoms with van der Waals surface area (Å²) < 4.78 is 0.902. The molecule has 0 aliphatic rings. The molecule has 1 amide bonds. The molecule has 1 heterocycles. The molecule has 0 saturated carbocycles. The molecule has 4 heteroatoms. The summed E-state index contributed by atoms with van der Waals surface area (Å²) in [7, 11) is 1.76. The first kappa shape index (κ1) is 12.8. The van der Waals surface area contributed by atoms with Crippen LogP contribution in [0.25, 0.3) is 0 Å². The molecule has 3 nitrogen and oxygen atoms in total. The van der Waals surface area contributed by atoms with Crippen LogP contribution in [0.4, 0.5) is 5.69 Å². The zero-order chi connectivity index (χ0) is 13.1. The van der Waals surface area contributed by atoms with Crippen LogP contribution in [0.15, 0.2) is 47.2 Å². The van der Waals surface area contributed by atoms with E-state index in [2.05, 4.69) is 20.9 Å². The molecule has 2 aromatic rings. The van der Waals surface area contributed by atoms with Crippen LogP contribution >= 0.6 is 15.9 Å². The van der Waals surface area contributed by atoms with Gasteiger partial charge in [-0.25, -0.2) is 0 Å². The zero-order valence-corrected chi connectivity index (χ0v) is 11.8. The fourth-order valence-corrected chi connectivity index (χ4v) is 2.05. The monoisotopic (exact) mass is 304 g/mol. The summed E-state index contributed by atoms with van der Waals surface area (Å²) >= 11 is 3.39. The van der Waals surface area contributed by atoms with Gasteiger partial charge in [0.25, 0.3) is 5.91 Å². The van der Waals surface area contributed by atoms with Crippen LogP contribution in [0.3, 0.4) is 0 Å². The fraction of sp³-hybridized carbons (Fsp3) is 0.143. The minimum Gasteiger partial charge on any atom is -0.311 e. The van der Waals surface area contributed by atoms with Crippen LogP contribution in [0.2, 0.25) is 0 Å². The van der Waals surface area contributed by atoms with E-state index in [1.54, 1.807) is 24.3 Å². The molecule has 0 bridgehead atoms. The standard InChI is InChI=1S/C14H13BrN2O/c1-10-3-4-11(15)9-13(10)14(18)17(2)12-5-7-16-8-6-12/h3-9H,1-2H3. The lowest BCUT2D eigenvalue weighted by Crippen LogP contribution is -2.26. The molecule has 0 aliphatic carbocycles. The molecule has 0 spiro atoms. The number of benzene rings is 1. The molecule has 0 unspecified atom stereocenters. The highest BCUT2D eigenvalue weighted by Crippen LogP contribution is 2.20. The van der Waals surface area contributed by atoms with E-state index < -0.39 is 0 Å². The Hall–Kier alpha value is -1.68. The number of rotatable bonds is 2. The largest absolute Gasteiger partial charge is 0.311 e. The lowest BCUT2D eigenvalue weighted by Gasteiger charge is -2.18. The number of nitrogens with zero attached hydrogens (tertiary/aromatic N) is 2. The van der Waals surface area contributed by atoms with E-state index in [9.17, 15) is 4.79 Å². The summed E-state index contributed by atoms with van der Waals surface area (Å²) in [6, 6.07) is 9.32. The second-order valence-electron chi connectivity index (χ2n) is 4.03. The third-order valence-corrected chi connectivity index (χ3v) is 3.28. The second kappa shape index (κ2) is 5.31. The van der Waals surface area contributed by atoms with Crippen LogP contribution in [0.5, 0.6) is 0 Å². The molecular weight excluding hydrogens is 292 g/mol. The van der Waals surface area contributed by atoms with Crippen LogP contribution in [0, 0.1) is 6.92 Å². The Kier molecular flexibility index (Phi) is 3.77. The van der Waals surface area contributed by atoms with Crippen LogP contribution < -0.4 is 4.90 Å². The molecule has 0 fully saturated rings. The number of pyridine rings is 1. The summed E-state index contributed by atoms with van der Waals surface area (Å²) in [5.41, 5.74) is 2.49. The average Bonchev–Trinajstić information content (AvgIpc) is 2.41. The van der Waals surface area contributed by atoms with E-state index in [-0.39, 0.29) is 5.91 Å². The minimum atomic E-state index is -0.0278. The van der Waals surface area contributed by atoms with E-state index >= 15 is 0 Å². The topological polar surface area (TPSA) is 33.2 Å². The Bertz CT molecular complexity index is 569. The molecule has 18 heavy (non-hydrogen) atoms. The predicted octanol–water partition coefficient (Wildman–Crippen LogP) is 3.43. The first-order valence-corrected chi connectivity index (χ1v) is 6.33. The number of halogens is 1. The van der Waals surface area contributed by atoms with Gasteiger partial charge in [0, 0.05) is 35.2 Å². The summed E-state index contributed by atoms with van der Waals surface area (Å²) in [6.07, 6.45) is 3.35. The Morgan fingerprint density at radius 3 is 2.56 bits per heavy atom. The number of carbonyl (C=O) groups is 1. The summed E-state index contributed by atoms with van der Waals surface area (Å²) in [5, 5.41) is 0. The van der Waals surface area contributed by atoms with Gasteiger partial charge in [0.1, 0.15) is 0 Å². The van der Waals surface area contributed by atoms with Crippen molar-refractivity contribution in [2.24, 2.45) is 0 Å². The molecule has 0 saturated heterocycles. The maximum Gasteiger partial charge on any atom is 0.258 e. The first-order chi connectivity index (χ1) is 8.59. The van der Waals surface area contributed by atoms with Crippen molar-refractivity contribution < 1.29 is 4.79 Å². The summed E-state index contributed by atoms with van der Waals surface area (Å²) in [5.74, 6) is -0.0278. The van der Waals surface area contributed by atoms with E-state index in [1.165, 1.54) is 0 Å². The van der Waals surface area contributed by atoms with Gasteiger partial charge in [0.05, 0.1) is 0 Å². The average molecular weight is 305 g/mol. The number of anilines is 1. The Labute approximate surface area is 115 Å². The number of amides is 1. The third-order valence-electron chi connectivity index (χ3n) is 2.78.